The molecule has 3 aromatic heterocycles. The van der Waals surface area contributed by atoms with Crippen LogP contribution in [0.2, 0.25) is 0 Å². The Morgan fingerprint density at radius 2 is 2.16 bits per heavy atom. The van der Waals surface area contributed by atoms with Crippen molar-refractivity contribution in [3.63, 3.8) is 0 Å². The third kappa shape index (κ3) is 5.53. The molecule has 1 aliphatic rings. The molecule has 0 spiro atoms. The van der Waals surface area contributed by atoms with E-state index in [1.54, 1.807) is 16.8 Å². The van der Waals surface area contributed by atoms with E-state index in [-0.39, 0.29) is 6.54 Å². The number of anilines is 3. The number of rotatable bonds is 10. The molecule has 0 aromatic carbocycles. The SMILES string of the molecule is CC(C)(O)[C@H](F)CNC(=O)c1cnc(Nc2ccn3nccc3c2)cc1NCCC1CC1. The minimum Gasteiger partial charge on any atom is -0.387 e. The van der Waals surface area contributed by atoms with E-state index in [4.69, 9.17) is 0 Å². The van der Waals surface area contributed by atoms with Crippen LogP contribution in [0.25, 0.3) is 5.52 Å². The van der Waals surface area contributed by atoms with Gasteiger partial charge in [0.15, 0.2) is 0 Å². The van der Waals surface area contributed by atoms with Crippen LogP contribution in [-0.4, -0.2) is 50.5 Å². The summed E-state index contributed by atoms with van der Waals surface area (Å²) in [5.74, 6) is 0.894. The van der Waals surface area contributed by atoms with Crippen LogP contribution in [0, 0.1) is 5.92 Å². The van der Waals surface area contributed by atoms with Gasteiger partial charge in [-0.25, -0.2) is 13.9 Å². The van der Waals surface area contributed by atoms with Gasteiger partial charge in [0.2, 0.25) is 0 Å². The van der Waals surface area contributed by atoms with Crippen molar-refractivity contribution in [3.05, 3.63) is 48.4 Å². The summed E-state index contributed by atoms with van der Waals surface area (Å²) in [7, 11) is 0. The Morgan fingerprint density at radius 1 is 1.34 bits per heavy atom. The number of fused-ring (bicyclic) bond motifs is 1. The number of hydrogen-bond donors (Lipinski definition) is 4. The highest BCUT2D eigenvalue weighted by Crippen LogP contribution is 2.32. The molecule has 0 aliphatic heterocycles. The minimum atomic E-state index is -1.58. The summed E-state index contributed by atoms with van der Waals surface area (Å²) < 4.78 is 15.8. The quantitative estimate of drug-likeness (QED) is 0.385. The summed E-state index contributed by atoms with van der Waals surface area (Å²) in [5.41, 5.74) is 1.23. The number of amides is 1. The maximum absolute atomic E-state index is 14.1. The highest BCUT2D eigenvalue weighted by Gasteiger charge is 2.27. The summed E-state index contributed by atoms with van der Waals surface area (Å²) in [6, 6.07) is 7.53. The molecule has 3 aromatic rings. The second-order valence-electron chi connectivity index (χ2n) is 8.85. The number of hydrogen-bond acceptors (Lipinski definition) is 6. The van der Waals surface area contributed by atoms with Crippen molar-refractivity contribution < 1.29 is 14.3 Å². The van der Waals surface area contributed by atoms with Crippen LogP contribution in [-0.2, 0) is 0 Å². The summed E-state index contributed by atoms with van der Waals surface area (Å²) in [6.07, 6.45) is 7.02. The van der Waals surface area contributed by atoms with E-state index in [2.05, 4.69) is 26.0 Å². The molecular weight excluding hydrogens is 411 g/mol. The van der Waals surface area contributed by atoms with Gasteiger partial charge in [-0.2, -0.15) is 5.10 Å². The molecule has 1 saturated carbocycles. The van der Waals surface area contributed by atoms with Gasteiger partial charge >= 0.3 is 0 Å². The van der Waals surface area contributed by atoms with E-state index in [9.17, 15) is 14.3 Å². The molecule has 0 unspecified atom stereocenters. The number of alkyl halides is 1. The third-order valence-electron chi connectivity index (χ3n) is 5.59. The fourth-order valence-electron chi connectivity index (χ4n) is 3.34. The Kier molecular flexibility index (Phi) is 6.27. The van der Waals surface area contributed by atoms with Gasteiger partial charge < -0.3 is 21.1 Å². The highest BCUT2D eigenvalue weighted by atomic mass is 19.1. The molecule has 0 radical (unpaired) electrons. The van der Waals surface area contributed by atoms with Gasteiger partial charge in [0, 0.05) is 36.9 Å². The normalized spacial score (nSPS) is 14.9. The predicted octanol–water partition coefficient (Wildman–Crippen LogP) is 3.52. The standard InChI is InChI=1S/C23H29FN6O2/c1-23(2,32)20(24)14-27-22(31)18-13-26-21(12-19(18)25-8-5-15-3-4-15)29-16-7-10-30-17(11-16)6-9-28-30/h6-7,9-13,15,20,32H,3-5,8,14H2,1-2H3,(H,27,31)(H2,25,26,29)/t20-/m1/s1. The average Bonchev–Trinajstić information content (AvgIpc) is 3.45. The van der Waals surface area contributed by atoms with E-state index in [1.165, 1.54) is 32.9 Å². The molecular formula is C23H29FN6O2. The van der Waals surface area contributed by atoms with E-state index in [1.807, 2.05) is 24.4 Å². The van der Waals surface area contributed by atoms with Crippen LogP contribution in [0.15, 0.2) is 42.9 Å². The van der Waals surface area contributed by atoms with Gasteiger partial charge in [-0.15, -0.1) is 0 Å². The van der Waals surface area contributed by atoms with Crippen LogP contribution in [0.4, 0.5) is 21.6 Å². The van der Waals surface area contributed by atoms with Crippen molar-refractivity contribution in [2.75, 3.05) is 23.7 Å². The number of nitrogens with zero attached hydrogens (tertiary/aromatic N) is 3. The maximum atomic E-state index is 14.1. The maximum Gasteiger partial charge on any atom is 0.255 e. The lowest BCUT2D eigenvalue weighted by Gasteiger charge is -2.22. The fourth-order valence-corrected chi connectivity index (χ4v) is 3.34. The Hall–Kier alpha value is -3.20. The summed E-state index contributed by atoms with van der Waals surface area (Å²) >= 11 is 0. The van der Waals surface area contributed by atoms with Crippen molar-refractivity contribution in [3.8, 4) is 0 Å². The van der Waals surface area contributed by atoms with Gasteiger partial charge in [-0.3, -0.25) is 4.79 Å². The fraction of sp³-hybridized carbons (Fsp3) is 0.435. The van der Waals surface area contributed by atoms with Crippen molar-refractivity contribution in [2.45, 2.75) is 44.9 Å². The van der Waals surface area contributed by atoms with Crippen LogP contribution in [0.5, 0.6) is 0 Å². The largest absolute Gasteiger partial charge is 0.387 e. The lowest BCUT2D eigenvalue weighted by molar-refractivity contribution is -0.00177. The molecule has 4 N–H and O–H groups in total. The highest BCUT2D eigenvalue weighted by molar-refractivity contribution is 5.99. The molecule has 4 rings (SSSR count). The minimum absolute atomic E-state index is 0.283. The zero-order valence-corrected chi connectivity index (χ0v) is 18.3. The van der Waals surface area contributed by atoms with Crippen molar-refractivity contribution in [2.24, 2.45) is 5.92 Å². The van der Waals surface area contributed by atoms with E-state index in [0.717, 1.165) is 30.1 Å². The number of aromatic nitrogens is 3. The molecule has 0 saturated heterocycles. The zero-order chi connectivity index (χ0) is 22.7. The summed E-state index contributed by atoms with van der Waals surface area (Å²) in [4.78, 5) is 17.1. The number of nitrogens with one attached hydrogen (secondary N) is 3. The molecule has 1 amide bonds. The Morgan fingerprint density at radius 3 is 2.91 bits per heavy atom. The van der Waals surface area contributed by atoms with Crippen molar-refractivity contribution in [1.82, 2.24) is 19.9 Å². The molecule has 1 atom stereocenters. The van der Waals surface area contributed by atoms with Gasteiger partial charge in [0.05, 0.1) is 28.9 Å². The van der Waals surface area contributed by atoms with Crippen molar-refractivity contribution >= 4 is 28.6 Å². The topological polar surface area (TPSA) is 104 Å². The third-order valence-corrected chi connectivity index (χ3v) is 5.59. The molecule has 1 fully saturated rings. The summed E-state index contributed by atoms with van der Waals surface area (Å²) in [6.45, 7) is 3.21. The van der Waals surface area contributed by atoms with Crippen LogP contribution < -0.4 is 16.0 Å². The van der Waals surface area contributed by atoms with Crippen molar-refractivity contribution in [1.29, 1.82) is 0 Å². The van der Waals surface area contributed by atoms with Gasteiger partial charge in [-0.05, 0) is 44.4 Å². The van der Waals surface area contributed by atoms with Gasteiger partial charge in [-0.1, -0.05) is 12.8 Å². The first-order valence-electron chi connectivity index (χ1n) is 10.9. The average molecular weight is 441 g/mol. The number of carbonyl (C=O) groups is 1. The van der Waals surface area contributed by atoms with Gasteiger partial charge in [0.25, 0.3) is 5.91 Å². The first-order chi connectivity index (χ1) is 15.3. The number of aliphatic hydroxyl groups is 1. The second kappa shape index (κ2) is 9.12. The molecule has 3 heterocycles. The van der Waals surface area contributed by atoms with E-state index in [0.29, 0.717) is 17.1 Å². The monoisotopic (exact) mass is 440 g/mol. The smallest absolute Gasteiger partial charge is 0.255 e. The molecule has 1 aliphatic carbocycles. The van der Waals surface area contributed by atoms with E-state index >= 15 is 0 Å². The molecule has 32 heavy (non-hydrogen) atoms. The van der Waals surface area contributed by atoms with Crippen LogP contribution >= 0.6 is 0 Å². The molecule has 170 valence electrons. The lowest BCUT2D eigenvalue weighted by Crippen LogP contribution is -2.42. The van der Waals surface area contributed by atoms with Crippen LogP contribution in [0.1, 0.15) is 43.5 Å². The summed E-state index contributed by atoms with van der Waals surface area (Å²) in [5, 5.41) is 23.1. The van der Waals surface area contributed by atoms with Crippen LogP contribution in [0.3, 0.4) is 0 Å². The van der Waals surface area contributed by atoms with E-state index < -0.39 is 17.7 Å². The molecule has 8 nitrogen and oxygen atoms in total. The first kappa shape index (κ1) is 22.0. The Balaban J connectivity index is 1.49. The Bertz CT molecular complexity index is 1090. The lowest BCUT2D eigenvalue weighted by atomic mass is 10.0. The number of halogens is 1. The molecule has 0 bridgehead atoms. The number of pyridine rings is 2. The molecule has 9 heteroatoms. The first-order valence-corrected chi connectivity index (χ1v) is 10.9. The van der Waals surface area contributed by atoms with Gasteiger partial charge in [0.1, 0.15) is 12.0 Å². The zero-order valence-electron chi connectivity index (χ0n) is 18.3. The number of carbonyl (C=O) groups excluding carboxylic acids is 1. The second-order valence-corrected chi connectivity index (χ2v) is 8.85. The Labute approximate surface area is 186 Å². The predicted molar refractivity (Wildman–Crippen MR) is 122 cm³/mol.